The van der Waals surface area contributed by atoms with Crippen LogP contribution < -0.4 is 5.73 Å². The van der Waals surface area contributed by atoms with Crippen molar-refractivity contribution in [3.8, 4) is 0 Å². The number of hydrogen-bond acceptors (Lipinski definition) is 3. The second-order valence-corrected chi connectivity index (χ2v) is 4.51. The topological polar surface area (TPSA) is 64.1 Å². The molecule has 0 radical (unpaired) electrons. The van der Waals surface area contributed by atoms with Crippen LogP contribution in [0.15, 0.2) is 10.7 Å². The lowest BCUT2D eigenvalue weighted by Crippen LogP contribution is -2.52. The number of halogens is 1. The second kappa shape index (κ2) is 2.80. The van der Waals surface area contributed by atoms with Crippen LogP contribution in [0.5, 0.6) is 0 Å². The maximum Gasteiger partial charge on any atom is 0.128 e. The molecule has 0 spiro atoms. The molecule has 3 N–H and O–H groups in total. The van der Waals surface area contributed by atoms with Crippen LogP contribution in [0.25, 0.3) is 0 Å². The molecule has 0 aromatic carbocycles. The fourth-order valence-corrected chi connectivity index (χ4v) is 2.34. The lowest BCUT2D eigenvalue weighted by atomic mass is 9.73. The summed E-state index contributed by atoms with van der Waals surface area (Å²) in [6.07, 6.45) is 0.997. The van der Waals surface area contributed by atoms with Gasteiger partial charge in [-0.05, 0) is 34.8 Å². The third-order valence-electron chi connectivity index (χ3n) is 2.56. The molecule has 1 heterocycles. The minimum Gasteiger partial charge on any atom is -0.393 e. The summed E-state index contributed by atoms with van der Waals surface area (Å²) in [5.41, 5.74) is 6.68. The number of aliphatic hydroxyl groups excluding tert-OH is 1. The molecule has 1 aromatic heterocycles. The standard InChI is InChI=1S/C8H12BrN3O/c1-12-6(2-7(9)11-12)8(10)3-5(13)4-8/h2,5,13H,3-4,10H2,1H3. The van der Waals surface area contributed by atoms with Crippen LogP contribution in [-0.2, 0) is 12.6 Å². The third kappa shape index (κ3) is 1.41. The van der Waals surface area contributed by atoms with Gasteiger partial charge in [0, 0.05) is 7.05 Å². The van der Waals surface area contributed by atoms with E-state index in [-0.39, 0.29) is 11.6 Å². The van der Waals surface area contributed by atoms with Crippen LogP contribution in [0, 0.1) is 0 Å². The minimum atomic E-state index is -0.382. The number of aryl methyl sites for hydroxylation is 1. The Morgan fingerprint density at radius 2 is 2.38 bits per heavy atom. The molecule has 1 saturated carbocycles. The molecule has 1 fully saturated rings. The normalized spacial score (nSPS) is 33.1. The molecule has 0 aliphatic heterocycles. The van der Waals surface area contributed by atoms with Crippen molar-refractivity contribution >= 4 is 15.9 Å². The average molecular weight is 246 g/mol. The van der Waals surface area contributed by atoms with Crippen LogP contribution in [0.2, 0.25) is 0 Å². The zero-order valence-corrected chi connectivity index (χ0v) is 8.95. The second-order valence-electron chi connectivity index (χ2n) is 3.69. The highest BCUT2D eigenvalue weighted by molar-refractivity contribution is 9.10. The van der Waals surface area contributed by atoms with Crippen LogP contribution in [0.3, 0.4) is 0 Å². The van der Waals surface area contributed by atoms with Crippen molar-refractivity contribution in [2.75, 3.05) is 0 Å². The van der Waals surface area contributed by atoms with Crippen LogP contribution >= 0.6 is 15.9 Å². The molecule has 0 atom stereocenters. The van der Waals surface area contributed by atoms with Gasteiger partial charge in [0.15, 0.2) is 0 Å². The van der Waals surface area contributed by atoms with Gasteiger partial charge in [-0.15, -0.1) is 0 Å². The van der Waals surface area contributed by atoms with Gasteiger partial charge in [-0.1, -0.05) is 0 Å². The molecule has 13 heavy (non-hydrogen) atoms. The highest BCUT2D eigenvalue weighted by Crippen LogP contribution is 2.39. The first-order valence-electron chi connectivity index (χ1n) is 4.18. The zero-order chi connectivity index (χ0) is 9.64. The van der Waals surface area contributed by atoms with Crippen molar-refractivity contribution in [1.82, 2.24) is 9.78 Å². The van der Waals surface area contributed by atoms with Gasteiger partial charge in [0.25, 0.3) is 0 Å². The van der Waals surface area contributed by atoms with Crippen molar-refractivity contribution in [3.05, 3.63) is 16.4 Å². The zero-order valence-electron chi connectivity index (χ0n) is 7.37. The van der Waals surface area contributed by atoms with Gasteiger partial charge in [0.05, 0.1) is 17.3 Å². The first-order chi connectivity index (χ1) is 6.01. The van der Waals surface area contributed by atoms with E-state index in [4.69, 9.17) is 5.73 Å². The van der Waals surface area contributed by atoms with Crippen molar-refractivity contribution in [2.45, 2.75) is 24.5 Å². The van der Waals surface area contributed by atoms with Crippen LogP contribution in [-0.4, -0.2) is 21.0 Å². The first kappa shape index (κ1) is 9.18. The van der Waals surface area contributed by atoms with E-state index >= 15 is 0 Å². The Bertz CT molecular complexity index is 330. The van der Waals surface area contributed by atoms with E-state index in [9.17, 15) is 5.11 Å². The molecule has 0 saturated heterocycles. The summed E-state index contributed by atoms with van der Waals surface area (Å²) in [7, 11) is 1.86. The van der Waals surface area contributed by atoms with Gasteiger partial charge < -0.3 is 10.8 Å². The molecular weight excluding hydrogens is 234 g/mol. The lowest BCUT2D eigenvalue weighted by molar-refractivity contribution is 0.0170. The van der Waals surface area contributed by atoms with Crippen molar-refractivity contribution in [3.63, 3.8) is 0 Å². The largest absolute Gasteiger partial charge is 0.393 e. The Balaban J connectivity index is 2.30. The highest BCUT2D eigenvalue weighted by atomic mass is 79.9. The summed E-state index contributed by atoms with van der Waals surface area (Å²) < 4.78 is 2.55. The molecule has 5 heteroatoms. The van der Waals surface area contributed by atoms with Crippen molar-refractivity contribution < 1.29 is 5.11 Å². The third-order valence-corrected chi connectivity index (χ3v) is 2.95. The lowest BCUT2D eigenvalue weighted by Gasteiger charge is -2.42. The predicted octanol–water partition coefficient (Wildman–Crippen LogP) is 0.491. The molecule has 1 aromatic rings. The quantitative estimate of drug-likeness (QED) is 0.758. The summed E-state index contributed by atoms with van der Waals surface area (Å²) in [4.78, 5) is 0. The van der Waals surface area contributed by atoms with Gasteiger partial charge in [0.2, 0.25) is 0 Å². The van der Waals surface area contributed by atoms with Gasteiger partial charge in [-0.3, -0.25) is 4.68 Å². The van der Waals surface area contributed by atoms with E-state index in [2.05, 4.69) is 21.0 Å². The van der Waals surface area contributed by atoms with Crippen molar-refractivity contribution in [2.24, 2.45) is 12.8 Å². The molecule has 1 aliphatic carbocycles. The molecule has 72 valence electrons. The van der Waals surface area contributed by atoms with E-state index in [0.717, 1.165) is 10.3 Å². The number of aromatic nitrogens is 2. The Morgan fingerprint density at radius 3 is 2.77 bits per heavy atom. The predicted molar refractivity (Wildman–Crippen MR) is 52.0 cm³/mol. The number of aliphatic hydroxyl groups is 1. The summed E-state index contributed by atoms with van der Waals surface area (Å²) in [6, 6.07) is 1.91. The van der Waals surface area contributed by atoms with E-state index in [1.807, 2.05) is 13.1 Å². The number of rotatable bonds is 1. The maximum atomic E-state index is 9.22. The van der Waals surface area contributed by atoms with E-state index in [1.165, 1.54) is 0 Å². The molecule has 0 amide bonds. The molecular formula is C8H12BrN3O. The maximum absolute atomic E-state index is 9.22. The van der Waals surface area contributed by atoms with Crippen LogP contribution in [0.1, 0.15) is 18.5 Å². The summed E-state index contributed by atoms with van der Waals surface area (Å²) >= 11 is 3.29. The first-order valence-corrected chi connectivity index (χ1v) is 4.97. The monoisotopic (exact) mass is 245 g/mol. The van der Waals surface area contributed by atoms with E-state index < -0.39 is 0 Å². The molecule has 4 nitrogen and oxygen atoms in total. The molecule has 0 bridgehead atoms. The molecule has 1 aliphatic rings. The van der Waals surface area contributed by atoms with E-state index in [1.54, 1.807) is 4.68 Å². The Hall–Kier alpha value is -0.390. The van der Waals surface area contributed by atoms with Gasteiger partial charge in [-0.25, -0.2) is 0 Å². The van der Waals surface area contributed by atoms with Gasteiger partial charge >= 0.3 is 0 Å². The van der Waals surface area contributed by atoms with Crippen molar-refractivity contribution in [1.29, 1.82) is 0 Å². The Kier molecular flexibility index (Phi) is 1.98. The summed E-state index contributed by atoms with van der Waals surface area (Å²) in [6.45, 7) is 0. The minimum absolute atomic E-state index is 0.251. The fraction of sp³-hybridized carbons (Fsp3) is 0.625. The molecule has 0 unspecified atom stereocenters. The summed E-state index contributed by atoms with van der Waals surface area (Å²) in [5, 5.41) is 13.4. The van der Waals surface area contributed by atoms with Crippen LogP contribution in [0.4, 0.5) is 0 Å². The Morgan fingerprint density at radius 1 is 1.77 bits per heavy atom. The number of nitrogens with zero attached hydrogens (tertiary/aromatic N) is 2. The number of nitrogens with two attached hydrogens (primary N) is 1. The fourth-order valence-electron chi connectivity index (χ4n) is 1.89. The smallest absolute Gasteiger partial charge is 0.128 e. The molecule has 2 rings (SSSR count). The average Bonchev–Trinajstić information content (AvgIpc) is 2.27. The highest BCUT2D eigenvalue weighted by Gasteiger charge is 2.43. The SMILES string of the molecule is Cn1nc(Br)cc1C1(N)CC(O)C1. The summed E-state index contributed by atoms with van der Waals surface area (Å²) in [5.74, 6) is 0. The van der Waals surface area contributed by atoms with E-state index in [0.29, 0.717) is 12.8 Å². The number of hydrogen-bond donors (Lipinski definition) is 2. The Labute approximate surface area is 84.9 Å². The van der Waals surface area contributed by atoms with Gasteiger partial charge in [-0.2, -0.15) is 5.10 Å². The van der Waals surface area contributed by atoms with Gasteiger partial charge in [0.1, 0.15) is 4.60 Å².